The van der Waals surface area contributed by atoms with Crippen molar-refractivity contribution < 1.29 is 4.79 Å². The topological polar surface area (TPSA) is 55.1 Å². The lowest BCUT2D eigenvalue weighted by atomic mass is 10.1. The molecule has 1 aromatic carbocycles. The molecule has 0 fully saturated rings. The molecule has 0 spiro atoms. The van der Waals surface area contributed by atoms with E-state index in [1.54, 1.807) is 0 Å². The molecule has 0 bridgehead atoms. The number of carbonyl (C=O) groups excluding carboxylic acids is 1. The van der Waals surface area contributed by atoms with E-state index in [0.29, 0.717) is 6.54 Å². The average Bonchev–Trinajstić information content (AvgIpc) is 2.38. The number of rotatable bonds is 6. The van der Waals surface area contributed by atoms with Gasteiger partial charge in [0.2, 0.25) is 5.91 Å². The van der Waals surface area contributed by atoms with Crippen LogP contribution < -0.4 is 11.1 Å². The summed E-state index contributed by atoms with van der Waals surface area (Å²) in [6.45, 7) is 6.34. The minimum atomic E-state index is -0.137. The number of nitrogens with one attached hydrogen (secondary N) is 1. The fourth-order valence-corrected chi connectivity index (χ4v) is 2.23. The van der Waals surface area contributed by atoms with Crippen molar-refractivity contribution in [3.63, 3.8) is 0 Å². The Morgan fingerprint density at radius 3 is 2.37 bits per heavy atom. The van der Waals surface area contributed by atoms with Crippen molar-refractivity contribution in [3.8, 4) is 0 Å². The number of hydrogen-bond donors (Lipinski definition) is 2. The van der Waals surface area contributed by atoms with Gasteiger partial charge in [-0.25, -0.2) is 0 Å². The molecule has 0 aliphatic rings. The van der Waals surface area contributed by atoms with Crippen molar-refractivity contribution >= 4 is 30.1 Å². The van der Waals surface area contributed by atoms with Crippen LogP contribution in [-0.2, 0) is 4.79 Å². The Kier molecular flexibility index (Phi) is 8.89. The predicted molar refractivity (Wildman–Crippen MR) is 84.9 cm³/mol. The van der Waals surface area contributed by atoms with Crippen molar-refractivity contribution in [3.05, 3.63) is 29.8 Å². The Morgan fingerprint density at radius 1 is 1.32 bits per heavy atom. The Morgan fingerprint density at radius 2 is 1.89 bits per heavy atom. The average molecular weight is 303 g/mol. The maximum atomic E-state index is 11.7. The molecule has 2 unspecified atom stereocenters. The molecule has 0 aliphatic carbocycles. The molecule has 108 valence electrons. The zero-order chi connectivity index (χ0) is 13.5. The van der Waals surface area contributed by atoms with Gasteiger partial charge in [0.05, 0.1) is 6.04 Å². The molecule has 0 aromatic heterocycles. The van der Waals surface area contributed by atoms with Gasteiger partial charge in [0.15, 0.2) is 0 Å². The summed E-state index contributed by atoms with van der Waals surface area (Å²) in [6, 6.07) is 8.34. The molecule has 0 saturated heterocycles. The third kappa shape index (κ3) is 5.85. The van der Waals surface area contributed by atoms with Gasteiger partial charge in [0, 0.05) is 17.4 Å². The Balaban J connectivity index is 0.00000324. The molecule has 0 saturated carbocycles. The molecule has 0 aliphatic heterocycles. The Hall–Kier alpha value is -0.710. The molecule has 2 atom stereocenters. The van der Waals surface area contributed by atoms with Gasteiger partial charge in [-0.3, -0.25) is 4.79 Å². The second-order valence-corrected chi connectivity index (χ2v) is 5.71. The predicted octanol–water partition coefficient (Wildman–Crippen LogP) is 2.99. The number of amides is 1. The number of hydrogen-bond acceptors (Lipinski definition) is 3. The summed E-state index contributed by atoms with van der Waals surface area (Å²) in [7, 11) is 0. The van der Waals surface area contributed by atoms with E-state index in [1.807, 2.05) is 25.6 Å². The summed E-state index contributed by atoms with van der Waals surface area (Å²) < 4.78 is 0. The van der Waals surface area contributed by atoms with Gasteiger partial charge in [0.25, 0.3) is 0 Å². The van der Waals surface area contributed by atoms with Gasteiger partial charge >= 0.3 is 0 Å². The van der Waals surface area contributed by atoms with Crippen molar-refractivity contribution in [1.29, 1.82) is 0 Å². The molecule has 1 rings (SSSR count). The highest BCUT2D eigenvalue weighted by molar-refractivity contribution is 7.99. The van der Waals surface area contributed by atoms with E-state index in [1.165, 1.54) is 4.90 Å². The second kappa shape index (κ2) is 9.23. The Labute approximate surface area is 126 Å². The van der Waals surface area contributed by atoms with Crippen molar-refractivity contribution in [2.24, 2.45) is 11.7 Å². The van der Waals surface area contributed by atoms with Crippen LogP contribution in [0, 0.1) is 5.92 Å². The molecular weight excluding hydrogens is 280 g/mol. The minimum absolute atomic E-state index is 0. The van der Waals surface area contributed by atoms with Crippen molar-refractivity contribution in [2.75, 3.05) is 12.3 Å². The highest BCUT2D eigenvalue weighted by atomic mass is 35.5. The maximum Gasteiger partial charge on any atom is 0.224 e. The number of nitrogens with two attached hydrogens (primary N) is 1. The van der Waals surface area contributed by atoms with E-state index in [2.05, 4.69) is 36.5 Å². The molecule has 5 heteroatoms. The van der Waals surface area contributed by atoms with Crippen LogP contribution in [0.4, 0.5) is 0 Å². The van der Waals surface area contributed by atoms with Crippen molar-refractivity contribution in [1.82, 2.24) is 5.32 Å². The van der Waals surface area contributed by atoms with Crippen LogP contribution in [0.15, 0.2) is 29.2 Å². The quantitative estimate of drug-likeness (QED) is 0.794. The van der Waals surface area contributed by atoms with E-state index in [0.717, 1.165) is 11.3 Å². The SMILES string of the molecule is CCSc1ccc(C(C)NC(=O)C(C)CN)cc1.Cl. The smallest absolute Gasteiger partial charge is 0.224 e. The molecular formula is C14H23ClN2OS. The third-order valence-corrected chi connectivity index (χ3v) is 3.75. The van der Waals surface area contributed by atoms with Crippen LogP contribution in [0.5, 0.6) is 0 Å². The van der Waals surface area contributed by atoms with Gasteiger partial charge < -0.3 is 11.1 Å². The lowest BCUT2D eigenvalue weighted by Crippen LogP contribution is -2.34. The Bertz CT molecular complexity index is 384. The summed E-state index contributed by atoms with van der Waals surface area (Å²) in [5.74, 6) is 0.944. The van der Waals surface area contributed by atoms with Crippen LogP contribution in [-0.4, -0.2) is 18.2 Å². The van der Waals surface area contributed by atoms with Crippen LogP contribution >= 0.6 is 24.2 Å². The van der Waals surface area contributed by atoms with Crippen molar-refractivity contribution in [2.45, 2.75) is 31.7 Å². The van der Waals surface area contributed by atoms with Gasteiger partial charge in [-0.2, -0.15) is 0 Å². The molecule has 1 aromatic rings. The van der Waals surface area contributed by atoms with Crippen LogP contribution in [0.1, 0.15) is 32.4 Å². The summed E-state index contributed by atoms with van der Waals surface area (Å²) in [6.07, 6.45) is 0. The summed E-state index contributed by atoms with van der Waals surface area (Å²) >= 11 is 1.81. The normalized spacial score (nSPS) is 13.3. The number of halogens is 1. The molecule has 19 heavy (non-hydrogen) atoms. The molecule has 1 amide bonds. The van der Waals surface area contributed by atoms with Crippen LogP contribution in [0.3, 0.4) is 0 Å². The third-order valence-electron chi connectivity index (χ3n) is 2.85. The zero-order valence-corrected chi connectivity index (χ0v) is 13.3. The van der Waals surface area contributed by atoms with Gasteiger partial charge in [-0.1, -0.05) is 26.0 Å². The monoisotopic (exact) mass is 302 g/mol. The van der Waals surface area contributed by atoms with Gasteiger partial charge in [-0.05, 0) is 30.4 Å². The fraction of sp³-hybridized carbons (Fsp3) is 0.500. The largest absolute Gasteiger partial charge is 0.349 e. The number of thioether (sulfide) groups is 1. The minimum Gasteiger partial charge on any atom is -0.349 e. The zero-order valence-electron chi connectivity index (χ0n) is 11.7. The van der Waals surface area contributed by atoms with E-state index >= 15 is 0 Å². The first kappa shape index (κ1) is 18.3. The van der Waals surface area contributed by atoms with E-state index in [4.69, 9.17) is 5.73 Å². The lowest BCUT2D eigenvalue weighted by molar-refractivity contribution is -0.124. The number of carbonyl (C=O) groups is 1. The van der Waals surface area contributed by atoms with Gasteiger partial charge in [-0.15, -0.1) is 24.2 Å². The maximum absolute atomic E-state index is 11.7. The van der Waals surface area contributed by atoms with Crippen LogP contribution in [0.25, 0.3) is 0 Å². The summed E-state index contributed by atoms with van der Waals surface area (Å²) in [5.41, 5.74) is 6.60. The summed E-state index contributed by atoms with van der Waals surface area (Å²) in [5, 5.41) is 2.97. The number of benzene rings is 1. The first-order valence-electron chi connectivity index (χ1n) is 6.31. The molecule has 3 N–H and O–H groups in total. The standard InChI is InChI=1S/C14H22N2OS.ClH/c1-4-18-13-7-5-12(6-8-13)11(3)16-14(17)10(2)9-15;/h5-8,10-11H,4,9,15H2,1-3H3,(H,16,17);1H. The first-order valence-corrected chi connectivity index (χ1v) is 7.30. The fourth-order valence-electron chi connectivity index (χ4n) is 1.57. The van der Waals surface area contributed by atoms with E-state index in [9.17, 15) is 4.79 Å². The van der Waals surface area contributed by atoms with Gasteiger partial charge in [0.1, 0.15) is 0 Å². The second-order valence-electron chi connectivity index (χ2n) is 4.37. The van der Waals surface area contributed by atoms with E-state index < -0.39 is 0 Å². The lowest BCUT2D eigenvalue weighted by Gasteiger charge is -2.17. The highest BCUT2D eigenvalue weighted by Gasteiger charge is 2.14. The van der Waals surface area contributed by atoms with E-state index in [-0.39, 0.29) is 30.3 Å². The highest BCUT2D eigenvalue weighted by Crippen LogP contribution is 2.20. The van der Waals surface area contributed by atoms with Crippen LogP contribution in [0.2, 0.25) is 0 Å². The molecule has 0 radical (unpaired) electrons. The molecule has 3 nitrogen and oxygen atoms in total. The molecule has 0 heterocycles. The first-order chi connectivity index (χ1) is 8.58. The summed E-state index contributed by atoms with van der Waals surface area (Å²) in [4.78, 5) is 13.0.